The number of nitrogens with two attached hydrogens (primary N) is 1. The average molecular weight is 659 g/mol. The van der Waals surface area contributed by atoms with Crippen LogP contribution in [0.15, 0.2) is 48.5 Å². The average Bonchev–Trinajstić information content (AvgIpc) is 3.47. The van der Waals surface area contributed by atoms with Gasteiger partial charge in [-0.3, -0.25) is 24.6 Å². The molecule has 0 atom stereocenters. The van der Waals surface area contributed by atoms with E-state index in [-0.39, 0.29) is 35.1 Å². The van der Waals surface area contributed by atoms with Crippen molar-refractivity contribution in [2.24, 2.45) is 5.73 Å². The smallest absolute Gasteiger partial charge is 0.258 e. The maximum Gasteiger partial charge on any atom is 0.258 e. The molecule has 4 aromatic rings. The molecule has 1 aromatic heterocycles. The summed E-state index contributed by atoms with van der Waals surface area (Å²) >= 11 is 0. The zero-order valence-corrected chi connectivity index (χ0v) is 27.8. The van der Waals surface area contributed by atoms with Crippen molar-refractivity contribution in [3.8, 4) is 11.5 Å². The van der Waals surface area contributed by atoms with Crippen LogP contribution >= 0.6 is 0 Å². The van der Waals surface area contributed by atoms with E-state index in [1.807, 2.05) is 19.1 Å². The van der Waals surface area contributed by atoms with Gasteiger partial charge in [-0.1, -0.05) is 12.1 Å². The zero-order valence-electron chi connectivity index (χ0n) is 27.8. The Balaban J connectivity index is 1.51. The van der Waals surface area contributed by atoms with E-state index in [0.29, 0.717) is 46.9 Å². The molecule has 0 saturated carbocycles. The number of hydrazine groups is 1. The molecule has 254 valence electrons. The molecule has 3 aromatic carbocycles. The second-order valence-electron chi connectivity index (χ2n) is 11.3. The highest BCUT2D eigenvalue weighted by Crippen LogP contribution is 2.38. The fourth-order valence-corrected chi connectivity index (χ4v) is 5.03. The van der Waals surface area contributed by atoms with Gasteiger partial charge in [0.05, 0.1) is 54.0 Å². The number of ether oxygens (including phenoxy) is 2. The Hall–Kier alpha value is -5.47. The van der Waals surface area contributed by atoms with Crippen LogP contribution in [0.1, 0.15) is 64.7 Å². The normalized spacial score (nSPS) is 10.9. The van der Waals surface area contributed by atoms with Gasteiger partial charge < -0.3 is 36.1 Å². The zero-order chi connectivity index (χ0) is 34.8. The molecule has 0 radical (unpaired) electrons. The van der Waals surface area contributed by atoms with Gasteiger partial charge in [-0.2, -0.15) is 0 Å². The van der Waals surface area contributed by atoms with Crippen molar-refractivity contribution < 1.29 is 28.7 Å². The second kappa shape index (κ2) is 16.4. The molecule has 0 fully saturated rings. The van der Waals surface area contributed by atoms with Gasteiger partial charge in [-0.15, -0.1) is 0 Å². The fourth-order valence-electron chi connectivity index (χ4n) is 5.03. The molecule has 1 heterocycles. The third-order valence-corrected chi connectivity index (χ3v) is 7.19. The maximum absolute atomic E-state index is 13.7. The molecule has 0 bridgehead atoms. The molecular weight excluding hydrogens is 616 g/mol. The molecule has 0 aliphatic rings. The molecule has 0 aliphatic heterocycles. The lowest BCUT2D eigenvalue weighted by molar-refractivity contribution is -0.125. The lowest BCUT2D eigenvalue weighted by Gasteiger charge is -2.19. The Kier molecular flexibility index (Phi) is 12.1. The van der Waals surface area contributed by atoms with Gasteiger partial charge in [0.2, 0.25) is 11.8 Å². The number of amides is 4. The molecule has 14 heteroatoms. The van der Waals surface area contributed by atoms with Crippen molar-refractivity contribution in [3.05, 3.63) is 71.0 Å². The van der Waals surface area contributed by atoms with Gasteiger partial charge >= 0.3 is 0 Å². The van der Waals surface area contributed by atoms with E-state index >= 15 is 0 Å². The Morgan fingerprint density at radius 1 is 0.917 bits per heavy atom. The van der Waals surface area contributed by atoms with Crippen molar-refractivity contribution in [1.29, 1.82) is 0 Å². The first-order valence-electron chi connectivity index (χ1n) is 15.5. The largest absolute Gasteiger partial charge is 0.492 e. The molecule has 7 N–H and O–H groups in total. The molecule has 4 amide bonds. The van der Waals surface area contributed by atoms with Gasteiger partial charge in [0, 0.05) is 27.4 Å². The monoisotopic (exact) mass is 658 g/mol. The topological polar surface area (TPSA) is 193 Å². The first-order chi connectivity index (χ1) is 23.0. The van der Waals surface area contributed by atoms with E-state index in [1.165, 1.54) is 26.2 Å². The molecule has 0 unspecified atom stereocenters. The number of unbranched alkanes of at least 4 members (excludes halogenated alkanes) is 2. The van der Waals surface area contributed by atoms with Crippen molar-refractivity contribution in [3.63, 3.8) is 0 Å². The fraction of sp³-hybridized carbons (Fsp3) is 0.324. The van der Waals surface area contributed by atoms with Gasteiger partial charge in [-0.05, 0) is 68.1 Å². The lowest BCUT2D eigenvalue weighted by atomic mass is 10.1. The third kappa shape index (κ3) is 9.08. The van der Waals surface area contributed by atoms with Crippen LogP contribution in [0.4, 0.5) is 17.1 Å². The summed E-state index contributed by atoms with van der Waals surface area (Å²) in [7, 11) is 4.90. The summed E-state index contributed by atoms with van der Waals surface area (Å²) in [5.74, 6) is -0.388. The number of hydrogen-bond acceptors (Lipinski definition) is 9. The van der Waals surface area contributed by atoms with Crippen LogP contribution in [0.5, 0.6) is 11.5 Å². The summed E-state index contributed by atoms with van der Waals surface area (Å²) in [6.45, 7) is 3.79. The van der Waals surface area contributed by atoms with Gasteiger partial charge in [0.15, 0.2) is 5.75 Å². The summed E-state index contributed by atoms with van der Waals surface area (Å²) in [5.41, 5.74) is 11.6. The molecule has 0 aliphatic carbocycles. The first kappa shape index (κ1) is 35.4. The predicted molar refractivity (Wildman–Crippen MR) is 184 cm³/mol. The van der Waals surface area contributed by atoms with Crippen LogP contribution < -0.4 is 36.6 Å². The highest BCUT2D eigenvalue weighted by atomic mass is 16.5. The number of para-hydroxylation sites is 1. The Bertz CT molecular complexity index is 1800. The number of H-pyrrole nitrogens is 1. The molecule has 4 rings (SSSR count). The van der Waals surface area contributed by atoms with Crippen LogP contribution in [-0.4, -0.2) is 66.4 Å². The van der Waals surface area contributed by atoms with Crippen LogP contribution in [0.3, 0.4) is 0 Å². The van der Waals surface area contributed by atoms with Crippen molar-refractivity contribution >= 4 is 51.7 Å². The minimum absolute atomic E-state index is 0.0386. The number of rotatable bonds is 15. The minimum Gasteiger partial charge on any atom is -0.492 e. The Morgan fingerprint density at radius 2 is 1.65 bits per heavy atom. The third-order valence-electron chi connectivity index (χ3n) is 7.19. The van der Waals surface area contributed by atoms with Crippen molar-refractivity contribution in [2.45, 2.75) is 46.1 Å². The minimum atomic E-state index is -0.536. The van der Waals surface area contributed by atoms with Gasteiger partial charge in [0.25, 0.3) is 11.8 Å². The Labute approximate surface area is 278 Å². The van der Waals surface area contributed by atoms with Crippen LogP contribution in [0.25, 0.3) is 11.0 Å². The standard InChI is InChI=1S/C34H42N8O6/c1-20-13-15-24(27(18-20)48-17-8-6-7-12-29(44)41-42(3)4)38-34(46)23-14-16-26(32(47-5)31(23)36-21(2)43)39-33(45)22-10-9-11-25-30(22)40-28(19-35)37-25/h9-11,13-16,18H,6-8,12,17,19,35H2,1-5H3,(H,36,43)(H,37,40)(H,38,46)(H,39,45)(H,41,44). The second-order valence-corrected chi connectivity index (χ2v) is 11.3. The van der Waals surface area contributed by atoms with Gasteiger partial charge in [0.1, 0.15) is 17.1 Å². The molecule has 14 nitrogen and oxygen atoms in total. The summed E-state index contributed by atoms with van der Waals surface area (Å²) in [6.07, 6.45) is 2.65. The van der Waals surface area contributed by atoms with E-state index in [4.69, 9.17) is 15.2 Å². The highest BCUT2D eigenvalue weighted by Gasteiger charge is 2.23. The van der Waals surface area contributed by atoms with E-state index in [2.05, 4.69) is 31.3 Å². The number of fused-ring (bicyclic) bond motifs is 1. The summed E-state index contributed by atoms with van der Waals surface area (Å²) in [4.78, 5) is 58.7. The number of carbonyl (C=O) groups excluding carboxylic acids is 4. The number of nitrogens with zero attached hydrogens (tertiary/aromatic N) is 2. The molecule has 0 saturated heterocycles. The number of methoxy groups -OCH3 is 1. The quantitative estimate of drug-likeness (QED) is 0.0797. The number of aromatic amines is 1. The van der Waals surface area contributed by atoms with E-state index in [9.17, 15) is 19.2 Å². The number of aromatic nitrogens is 2. The maximum atomic E-state index is 13.7. The summed E-state index contributed by atoms with van der Waals surface area (Å²) in [5, 5.41) is 9.99. The molecule has 0 spiro atoms. The predicted octanol–water partition coefficient (Wildman–Crippen LogP) is 4.33. The van der Waals surface area contributed by atoms with Crippen molar-refractivity contribution in [1.82, 2.24) is 20.4 Å². The SMILES string of the molecule is COc1c(NC(=O)c2cccc3[nH]c(CN)nc23)ccc(C(=O)Nc2ccc(C)cc2OCCCCCC(=O)NN(C)C)c1NC(C)=O. The Morgan fingerprint density at radius 3 is 2.35 bits per heavy atom. The van der Waals surface area contributed by atoms with E-state index in [1.54, 1.807) is 43.4 Å². The van der Waals surface area contributed by atoms with Crippen LogP contribution in [0.2, 0.25) is 0 Å². The van der Waals surface area contributed by atoms with Gasteiger partial charge in [-0.25, -0.2) is 9.99 Å². The first-order valence-corrected chi connectivity index (χ1v) is 15.5. The number of anilines is 3. The van der Waals surface area contributed by atoms with Crippen LogP contribution in [-0.2, 0) is 16.1 Å². The number of imidazole rings is 1. The molecule has 48 heavy (non-hydrogen) atoms. The summed E-state index contributed by atoms with van der Waals surface area (Å²) in [6, 6.07) is 13.6. The number of benzene rings is 3. The van der Waals surface area contributed by atoms with Crippen molar-refractivity contribution in [2.75, 3.05) is 43.8 Å². The number of aryl methyl sites for hydroxylation is 1. The lowest BCUT2D eigenvalue weighted by Crippen LogP contribution is -2.35. The highest BCUT2D eigenvalue weighted by molar-refractivity contribution is 6.15. The number of carbonyl (C=O) groups is 4. The van der Waals surface area contributed by atoms with E-state index in [0.717, 1.165) is 24.8 Å². The summed E-state index contributed by atoms with van der Waals surface area (Å²) < 4.78 is 11.7. The number of hydrogen-bond donors (Lipinski definition) is 6. The van der Waals surface area contributed by atoms with Crippen LogP contribution in [0, 0.1) is 6.92 Å². The number of nitrogens with one attached hydrogen (secondary N) is 5. The van der Waals surface area contributed by atoms with E-state index < -0.39 is 17.7 Å². The molecular formula is C34H42N8O6.